The van der Waals surface area contributed by atoms with Crippen LogP contribution in [-0.2, 0) is 4.74 Å². The quantitative estimate of drug-likeness (QED) is 0.606. The maximum Gasteiger partial charge on any atom is 0.0591 e. The maximum atomic E-state index is 5.49. The molecule has 1 aliphatic rings. The first-order chi connectivity index (χ1) is 6.70. The molecule has 0 saturated heterocycles. The van der Waals surface area contributed by atoms with Crippen LogP contribution < -0.4 is 5.32 Å². The van der Waals surface area contributed by atoms with E-state index in [0.717, 1.165) is 38.1 Å². The van der Waals surface area contributed by atoms with Gasteiger partial charge in [-0.1, -0.05) is 20.8 Å². The predicted molar refractivity (Wildman–Crippen MR) is 60.4 cm³/mol. The Labute approximate surface area is 88.4 Å². The zero-order valence-electron chi connectivity index (χ0n) is 9.88. The van der Waals surface area contributed by atoms with Gasteiger partial charge in [0.05, 0.1) is 6.61 Å². The summed E-state index contributed by atoms with van der Waals surface area (Å²) in [5.41, 5.74) is 0. The molecule has 2 heteroatoms. The standard InChI is InChI=1S/C12H25NO/c1-10(2)9-14-7-6-13-8-11(3)12-4-5-12/h10-13H,4-9H2,1-3H3. The SMILES string of the molecule is CC(C)COCCNCC(C)C1CC1. The Bertz CT molecular complexity index is 143. The molecule has 1 saturated carbocycles. The fraction of sp³-hybridized carbons (Fsp3) is 1.00. The van der Waals surface area contributed by atoms with E-state index in [1.807, 2.05) is 0 Å². The minimum absolute atomic E-state index is 0.653. The van der Waals surface area contributed by atoms with Crippen LogP contribution in [0, 0.1) is 17.8 Å². The van der Waals surface area contributed by atoms with Gasteiger partial charge in [0.25, 0.3) is 0 Å². The van der Waals surface area contributed by atoms with Crippen molar-refractivity contribution in [2.45, 2.75) is 33.6 Å². The molecule has 1 aliphatic carbocycles. The van der Waals surface area contributed by atoms with Gasteiger partial charge in [-0.3, -0.25) is 0 Å². The van der Waals surface area contributed by atoms with E-state index in [9.17, 15) is 0 Å². The van der Waals surface area contributed by atoms with Crippen LogP contribution in [0.3, 0.4) is 0 Å². The zero-order valence-corrected chi connectivity index (χ0v) is 9.88. The molecule has 0 amide bonds. The molecule has 84 valence electrons. The van der Waals surface area contributed by atoms with E-state index in [1.165, 1.54) is 12.8 Å². The molecule has 0 aromatic heterocycles. The van der Waals surface area contributed by atoms with Crippen LogP contribution in [-0.4, -0.2) is 26.3 Å². The Morgan fingerprint density at radius 2 is 2.00 bits per heavy atom. The maximum absolute atomic E-state index is 5.49. The Balaban J connectivity index is 1.79. The molecule has 0 spiro atoms. The molecule has 1 N–H and O–H groups in total. The van der Waals surface area contributed by atoms with Gasteiger partial charge in [-0.25, -0.2) is 0 Å². The van der Waals surface area contributed by atoms with Crippen molar-refractivity contribution in [1.82, 2.24) is 5.32 Å². The molecule has 0 aliphatic heterocycles. The lowest BCUT2D eigenvalue weighted by atomic mass is 10.1. The van der Waals surface area contributed by atoms with E-state index in [4.69, 9.17) is 4.74 Å². The summed E-state index contributed by atoms with van der Waals surface area (Å²) in [6, 6.07) is 0. The van der Waals surface area contributed by atoms with E-state index in [2.05, 4.69) is 26.1 Å². The average Bonchev–Trinajstić information content (AvgIpc) is 2.92. The summed E-state index contributed by atoms with van der Waals surface area (Å²) in [4.78, 5) is 0. The lowest BCUT2D eigenvalue weighted by Crippen LogP contribution is -2.26. The van der Waals surface area contributed by atoms with Crippen LogP contribution in [0.25, 0.3) is 0 Å². The molecular formula is C12H25NO. The van der Waals surface area contributed by atoms with Crippen LogP contribution in [0.1, 0.15) is 33.6 Å². The first-order valence-electron chi connectivity index (χ1n) is 5.98. The van der Waals surface area contributed by atoms with Gasteiger partial charge in [0.2, 0.25) is 0 Å². The van der Waals surface area contributed by atoms with Crippen molar-refractivity contribution < 1.29 is 4.74 Å². The van der Waals surface area contributed by atoms with E-state index in [0.29, 0.717) is 5.92 Å². The third kappa shape index (κ3) is 5.61. The van der Waals surface area contributed by atoms with Gasteiger partial charge in [-0.2, -0.15) is 0 Å². The molecule has 0 aromatic carbocycles. The van der Waals surface area contributed by atoms with E-state index < -0.39 is 0 Å². The molecule has 0 bridgehead atoms. The second-order valence-electron chi connectivity index (χ2n) is 4.99. The molecule has 1 rings (SSSR count). The predicted octanol–water partition coefficient (Wildman–Crippen LogP) is 2.29. The summed E-state index contributed by atoms with van der Waals surface area (Å²) in [5.74, 6) is 2.53. The van der Waals surface area contributed by atoms with E-state index in [-0.39, 0.29) is 0 Å². The highest BCUT2D eigenvalue weighted by Gasteiger charge is 2.27. The smallest absolute Gasteiger partial charge is 0.0591 e. The van der Waals surface area contributed by atoms with Gasteiger partial charge in [-0.15, -0.1) is 0 Å². The Kier molecular flexibility index (Phi) is 5.49. The summed E-state index contributed by atoms with van der Waals surface area (Å²) in [6.07, 6.45) is 2.90. The molecule has 0 radical (unpaired) electrons. The van der Waals surface area contributed by atoms with Crippen molar-refractivity contribution in [3.63, 3.8) is 0 Å². The first-order valence-corrected chi connectivity index (χ1v) is 5.98. The summed E-state index contributed by atoms with van der Waals surface area (Å²) >= 11 is 0. The molecule has 0 heterocycles. The van der Waals surface area contributed by atoms with E-state index >= 15 is 0 Å². The van der Waals surface area contributed by atoms with E-state index in [1.54, 1.807) is 0 Å². The molecule has 14 heavy (non-hydrogen) atoms. The summed E-state index contributed by atoms with van der Waals surface area (Å²) < 4.78 is 5.49. The van der Waals surface area contributed by atoms with Crippen LogP contribution in [0.2, 0.25) is 0 Å². The lowest BCUT2D eigenvalue weighted by molar-refractivity contribution is 0.111. The highest BCUT2D eigenvalue weighted by Crippen LogP contribution is 2.35. The van der Waals surface area contributed by atoms with Crippen molar-refractivity contribution in [3.05, 3.63) is 0 Å². The second kappa shape index (κ2) is 6.41. The fourth-order valence-corrected chi connectivity index (χ4v) is 1.63. The van der Waals surface area contributed by atoms with Gasteiger partial charge >= 0.3 is 0 Å². The van der Waals surface area contributed by atoms with Crippen LogP contribution >= 0.6 is 0 Å². The van der Waals surface area contributed by atoms with Crippen molar-refractivity contribution in [3.8, 4) is 0 Å². The highest BCUT2D eigenvalue weighted by molar-refractivity contribution is 4.79. The number of hydrogen-bond acceptors (Lipinski definition) is 2. The molecule has 1 unspecified atom stereocenters. The van der Waals surface area contributed by atoms with Crippen LogP contribution in [0.4, 0.5) is 0 Å². The van der Waals surface area contributed by atoms with Gasteiger partial charge in [-0.05, 0) is 37.1 Å². The van der Waals surface area contributed by atoms with Crippen molar-refractivity contribution in [2.24, 2.45) is 17.8 Å². The molecular weight excluding hydrogens is 174 g/mol. The minimum atomic E-state index is 0.653. The van der Waals surface area contributed by atoms with Gasteiger partial charge < -0.3 is 10.1 Å². The normalized spacial score (nSPS) is 18.9. The van der Waals surface area contributed by atoms with Crippen molar-refractivity contribution >= 4 is 0 Å². The number of hydrogen-bond donors (Lipinski definition) is 1. The summed E-state index contributed by atoms with van der Waals surface area (Å²) in [5, 5.41) is 3.46. The van der Waals surface area contributed by atoms with Crippen molar-refractivity contribution in [1.29, 1.82) is 0 Å². The number of ether oxygens (including phenoxy) is 1. The highest BCUT2D eigenvalue weighted by atomic mass is 16.5. The van der Waals surface area contributed by atoms with Crippen molar-refractivity contribution in [2.75, 3.05) is 26.3 Å². The van der Waals surface area contributed by atoms with Crippen LogP contribution in [0.15, 0.2) is 0 Å². The van der Waals surface area contributed by atoms with Gasteiger partial charge in [0.15, 0.2) is 0 Å². The number of nitrogens with one attached hydrogen (secondary N) is 1. The number of rotatable bonds is 8. The monoisotopic (exact) mass is 199 g/mol. The average molecular weight is 199 g/mol. The largest absolute Gasteiger partial charge is 0.380 e. The second-order valence-corrected chi connectivity index (χ2v) is 4.99. The Morgan fingerprint density at radius 1 is 1.29 bits per heavy atom. The Morgan fingerprint density at radius 3 is 2.57 bits per heavy atom. The lowest BCUT2D eigenvalue weighted by Gasteiger charge is -2.12. The third-order valence-electron chi connectivity index (χ3n) is 2.77. The Hall–Kier alpha value is -0.0800. The summed E-state index contributed by atoms with van der Waals surface area (Å²) in [7, 11) is 0. The zero-order chi connectivity index (χ0) is 10.4. The summed E-state index contributed by atoms with van der Waals surface area (Å²) in [6.45, 7) is 10.6. The molecule has 1 atom stereocenters. The molecule has 2 nitrogen and oxygen atoms in total. The topological polar surface area (TPSA) is 21.3 Å². The molecule has 0 aromatic rings. The third-order valence-corrected chi connectivity index (χ3v) is 2.77. The first kappa shape index (κ1) is 12.0. The fourth-order valence-electron chi connectivity index (χ4n) is 1.63. The molecule has 1 fully saturated rings. The minimum Gasteiger partial charge on any atom is -0.380 e. The van der Waals surface area contributed by atoms with Gasteiger partial charge in [0.1, 0.15) is 0 Å². The van der Waals surface area contributed by atoms with Crippen LogP contribution in [0.5, 0.6) is 0 Å². The van der Waals surface area contributed by atoms with Gasteiger partial charge in [0, 0.05) is 13.2 Å².